The molecule has 3 nitrogen and oxygen atoms in total. The second kappa shape index (κ2) is 24.7. The Morgan fingerprint density at radius 2 is 0.967 bits per heavy atom. The minimum Gasteiger partial charge on any atom is -0.394 e. The molecule has 2 N–H and O–H groups in total. The topological polar surface area (TPSA) is 49.3 Å². The molecule has 0 saturated carbocycles. The maximum absolute atomic E-state index is 11.8. The van der Waals surface area contributed by atoms with Gasteiger partial charge in [0.25, 0.3) is 0 Å². The van der Waals surface area contributed by atoms with Gasteiger partial charge in [-0.3, -0.25) is 4.79 Å². The van der Waals surface area contributed by atoms with Crippen LogP contribution in [0.2, 0.25) is 0 Å². The van der Waals surface area contributed by atoms with Gasteiger partial charge in [-0.1, -0.05) is 136 Å². The lowest BCUT2D eigenvalue weighted by Gasteiger charge is -2.15. The summed E-state index contributed by atoms with van der Waals surface area (Å²) in [4.78, 5) is 11.8. The van der Waals surface area contributed by atoms with E-state index in [4.69, 9.17) is 0 Å². The van der Waals surface area contributed by atoms with E-state index in [1.165, 1.54) is 109 Å². The molecule has 0 heterocycles. The molecule has 1 amide bonds. The van der Waals surface area contributed by atoms with Gasteiger partial charge < -0.3 is 10.4 Å². The van der Waals surface area contributed by atoms with E-state index in [9.17, 15) is 9.90 Å². The van der Waals surface area contributed by atoms with Crippen LogP contribution in [0, 0.1) is 0 Å². The molecule has 3 heteroatoms. The molecule has 30 heavy (non-hydrogen) atoms. The van der Waals surface area contributed by atoms with E-state index in [-0.39, 0.29) is 18.6 Å². The van der Waals surface area contributed by atoms with Gasteiger partial charge in [0.1, 0.15) is 0 Å². The molecule has 1 atom stereocenters. The van der Waals surface area contributed by atoms with Crippen molar-refractivity contribution < 1.29 is 9.90 Å². The molecule has 0 fully saturated rings. The number of aliphatic hydroxyl groups excluding tert-OH is 1. The van der Waals surface area contributed by atoms with Crippen LogP contribution in [0.3, 0.4) is 0 Å². The molecule has 0 aliphatic carbocycles. The SMILES string of the molecule is CCCCCCCCCCCCCCCCCCCCCC(=O)NC(CO)CCC. The first kappa shape index (κ1) is 29.4. The summed E-state index contributed by atoms with van der Waals surface area (Å²) in [7, 11) is 0. The molecular formula is C27H55NO2. The maximum Gasteiger partial charge on any atom is 0.220 e. The predicted molar refractivity (Wildman–Crippen MR) is 132 cm³/mol. The molecule has 0 rings (SSSR count). The third kappa shape index (κ3) is 22.1. The maximum atomic E-state index is 11.8. The van der Waals surface area contributed by atoms with Gasteiger partial charge in [0, 0.05) is 6.42 Å². The van der Waals surface area contributed by atoms with Crippen LogP contribution in [0.5, 0.6) is 0 Å². The number of amides is 1. The van der Waals surface area contributed by atoms with Crippen molar-refractivity contribution in [2.75, 3.05) is 6.61 Å². The van der Waals surface area contributed by atoms with Gasteiger partial charge in [-0.25, -0.2) is 0 Å². The number of nitrogens with one attached hydrogen (secondary N) is 1. The molecule has 0 bridgehead atoms. The van der Waals surface area contributed by atoms with E-state index in [0.717, 1.165) is 25.7 Å². The summed E-state index contributed by atoms with van der Waals surface area (Å²) in [6.45, 7) is 4.42. The first-order chi connectivity index (χ1) is 14.7. The Bertz CT molecular complexity index is 346. The first-order valence-electron chi connectivity index (χ1n) is 13.6. The fourth-order valence-electron chi connectivity index (χ4n) is 4.22. The van der Waals surface area contributed by atoms with E-state index in [0.29, 0.717) is 6.42 Å². The first-order valence-corrected chi connectivity index (χ1v) is 13.6. The fourth-order valence-corrected chi connectivity index (χ4v) is 4.22. The van der Waals surface area contributed by atoms with Gasteiger partial charge in [-0.05, 0) is 12.8 Å². The van der Waals surface area contributed by atoms with Crippen LogP contribution in [-0.4, -0.2) is 23.7 Å². The third-order valence-corrected chi connectivity index (χ3v) is 6.23. The largest absolute Gasteiger partial charge is 0.394 e. The number of carbonyl (C=O) groups is 1. The van der Waals surface area contributed by atoms with Crippen molar-refractivity contribution in [1.29, 1.82) is 0 Å². The van der Waals surface area contributed by atoms with Gasteiger partial charge in [0.2, 0.25) is 5.91 Å². The Kier molecular flexibility index (Phi) is 24.2. The molecule has 0 aromatic heterocycles. The van der Waals surface area contributed by atoms with Gasteiger partial charge >= 0.3 is 0 Å². The second-order valence-electron chi connectivity index (χ2n) is 9.35. The minimum absolute atomic E-state index is 0.0529. The zero-order valence-corrected chi connectivity index (χ0v) is 20.7. The smallest absolute Gasteiger partial charge is 0.220 e. The van der Waals surface area contributed by atoms with E-state index < -0.39 is 0 Å². The molecule has 0 spiro atoms. The van der Waals surface area contributed by atoms with E-state index in [1.807, 2.05) is 0 Å². The molecule has 0 aromatic rings. The van der Waals surface area contributed by atoms with Crippen LogP contribution in [0.15, 0.2) is 0 Å². The van der Waals surface area contributed by atoms with Crippen LogP contribution in [0.1, 0.15) is 155 Å². The van der Waals surface area contributed by atoms with Gasteiger partial charge in [-0.2, -0.15) is 0 Å². The number of unbranched alkanes of at least 4 members (excludes halogenated alkanes) is 18. The van der Waals surface area contributed by atoms with Crippen molar-refractivity contribution in [2.45, 2.75) is 161 Å². The average Bonchev–Trinajstić information content (AvgIpc) is 2.75. The molecule has 180 valence electrons. The van der Waals surface area contributed by atoms with E-state index in [2.05, 4.69) is 19.2 Å². The number of rotatable bonds is 24. The summed E-state index contributed by atoms with van der Waals surface area (Å²) in [5.41, 5.74) is 0. The van der Waals surface area contributed by atoms with Crippen LogP contribution in [0.25, 0.3) is 0 Å². The lowest BCUT2D eigenvalue weighted by Crippen LogP contribution is -2.37. The molecule has 0 aromatic carbocycles. The second-order valence-corrected chi connectivity index (χ2v) is 9.35. The zero-order chi connectivity index (χ0) is 22.1. The Balaban J connectivity index is 3.18. The Hall–Kier alpha value is -0.570. The molecule has 0 saturated heterocycles. The van der Waals surface area contributed by atoms with Crippen molar-refractivity contribution >= 4 is 5.91 Å². The summed E-state index contributed by atoms with van der Waals surface area (Å²) in [6, 6.07) is -0.0529. The summed E-state index contributed by atoms with van der Waals surface area (Å²) in [6.07, 6.45) is 28.5. The van der Waals surface area contributed by atoms with Crippen molar-refractivity contribution in [3.05, 3.63) is 0 Å². The Labute approximate surface area is 189 Å². The number of carbonyl (C=O) groups excluding carboxylic acids is 1. The van der Waals surface area contributed by atoms with Crippen LogP contribution >= 0.6 is 0 Å². The lowest BCUT2D eigenvalue weighted by molar-refractivity contribution is -0.122. The monoisotopic (exact) mass is 425 g/mol. The van der Waals surface area contributed by atoms with Crippen LogP contribution < -0.4 is 5.32 Å². The number of aliphatic hydroxyl groups is 1. The van der Waals surface area contributed by atoms with Crippen molar-refractivity contribution in [3.63, 3.8) is 0 Å². The van der Waals surface area contributed by atoms with E-state index in [1.54, 1.807) is 0 Å². The molecule has 0 aliphatic rings. The summed E-state index contributed by atoms with van der Waals surface area (Å²) in [5, 5.41) is 12.2. The highest BCUT2D eigenvalue weighted by Gasteiger charge is 2.09. The minimum atomic E-state index is -0.0529. The van der Waals surface area contributed by atoms with Gasteiger partial charge in [0.05, 0.1) is 12.6 Å². The number of hydrogen-bond donors (Lipinski definition) is 2. The average molecular weight is 426 g/mol. The molecular weight excluding hydrogens is 370 g/mol. The fraction of sp³-hybridized carbons (Fsp3) is 0.963. The third-order valence-electron chi connectivity index (χ3n) is 6.23. The summed E-state index contributed by atoms with van der Waals surface area (Å²) in [5.74, 6) is 0.106. The van der Waals surface area contributed by atoms with Gasteiger partial charge in [0.15, 0.2) is 0 Å². The normalized spacial score (nSPS) is 12.2. The number of hydrogen-bond acceptors (Lipinski definition) is 2. The quantitative estimate of drug-likeness (QED) is 0.153. The van der Waals surface area contributed by atoms with Gasteiger partial charge in [-0.15, -0.1) is 0 Å². The van der Waals surface area contributed by atoms with Crippen molar-refractivity contribution in [2.24, 2.45) is 0 Å². The zero-order valence-electron chi connectivity index (χ0n) is 20.7. The molecule has 1 unspecified atom stereocenters. The standard InChI is InChI=1S/C27H55NO2/c1-3-5-6-7-8-9-10-11-12-13-14-15-16-17-18-19-20-21-22-24-27(30)28-26(25-29)23-4-2/h26,29H,3-25H2,1-2H3,(H,28,30). The predicted octanol–water partition coefficient (Wildman–Crippen LogP) is 8.09. The summed E-state index contributed by atoms with van der Waals surface area (Å²) < 4.78 is 0. The van der Waals surface area contributed by atoms with Crippen LogP contribution in [0.4, 0.5) is 0 Å². The van der Waals surface area contributed by atoms with E-state index >= 15 is 0 Å². The van der Waals surface area contributed by atoms with Crippen molar-refractivity contribution in [1.82, 2.24) is 5.32 Å². The Morgan fingerprint density at radius 3 is 1.30 bits per heavy atom. The van der Waals surface area contributed by atoms with Crippen molar-refractivity contribution in [3.8, 4) is 0 Å². The highest BCUT2D eigenvalue weighted by molar-refractivity contribution is 5.76. The highest BCUT2D eigenvalue weighted by atomic mass is 16.3. The highest BCUT2D eigenvalue weighted by Crippen LogP contribution is 2.14. The molecule has 0 radical (unpaired) electrons. The van der Waals surface area contributed by atoms with Crippen LogP contribution in [-0.2, 0) is 4.79 Å². The summed E-state index contributed by atoms with van der Waals surface area (Å²) >= 11 is 0. The molecule has 0 aliphatic heterocycles. The lowest BCUT2D eigenvalue weighted by atomic mass is 10.0. The Morgan fingerprint density at radius 1 is 0.600 bits per heavy atom.